The van der Waals surface area contributed by atoms with Crippen LogP contribution in [0.25, 0.3) is 0 Å². The maximum absolute atomic E-state index is 11.8. The van der Waals surface area contributed by atoms with E-state index in [1.54, 1.807) is 42.5 Å². The number of benzene rings is 2. The fourth-order valence-corrected chi connectivity index (χ4v) is 2.04. The second-order valence-electron chi connectivity index (χ2n) is 4.78. The van der Waals surface area contributed by atoms with Crippen molar-refractivity contribution in [2.24, 2.45) is 0 Å². The molecule has 0 saturated heterocycles. The van der Waals surface area contributed by atoms with Crippen LogP contribution in [0.5, 0.6) is 0 Å². The van der Waals surface area contributed by atoms with Gasteiger partial charge < -0.3 is 10.4 Å². The summed E-state index contributed by atoms with van der Waals surface area (Å²) in [5.74, 6) is -0.489. The van der Waals surface area contributed by atoms with Crippen molar-refractivity contribution in [3.05, 3.63) is 75.8 Å². The molecule has 0 unspecified atom stereocenters. The van der Waals surface area contributed by atoms with Crippen LogP contribution < -0.4 is 5.32 Å². The van der Waals surface area contributed by atoms with Crippen LogP contribution in [-0.4, -0.2) is 22.5 Å². The zero-order chi connectivity index (χ0) is 15.9. The van der Waals surface area contributed by atoms with Crippen molar-refractivity contribution >= 4 is 11.6 Å². The summed E-state index contributed by atoms with van der Waals surface area (Å²) < 4.78 is 0. The summed E-state index contributed by atoms with van der Waals surface area (Å²) in [4.78, 5) is 22.1. The smallest absolute Gasteiger partial charge is 0.269 e. The Kier molecular flexibility index (Phi) is 5.21. The fraction of sp³-hybridized carbons (Fsp3) is 0.188. The molecule has 22 heavy (non-hydrogen) atoms. The van der Waals surface area contributed by atoms with Gasteiger partial charge in [0.25, 0.3) is 11.6 Å². The van der Waals surface area contributed by atoms with Crippen LogP contribution in [0.1, 0.15) is 17.2 Å². The van der Waals surface area contributed by atoms with Crippen molar-refractivity contribution in [1.29, 1.82) is 0 Å². The molecule has 1 atom stereocenters. The highest BCUT2D eigenvalue weighted by atomic mass is 16.6. The first-order valence-electron chi connectivity index (χ1n) is 6.82. The summed E-state index contributed by atoms with van der Waals surface area (Å²) in [6.07, 6.45) is -0.763. The summed E-state index contributed by atoms with van der Waals surface area (Å²) in [5, 5.41) is 23.2. The molecule has 0 aliphatic carbocycles. The van der Waals surface area contributed by atoms with Crippen LogP contribution in [0.4, 0.5) is 5.69 Å². The van der Waals surface area contributed by atoms with E-state index in [1.807, 2.05) is 0 Å². The second-order valence-corrected chi connectivity index (χ2v) is 4.78. The third kappa shape index (κ3) is 4.13. The second kappa shape index (κ2) is 7.33. The fourth-order valence-electron chi connectivity index (χ4n) is 2.04. The van der Waals surface area contributed by atoms with Crippen molar-refractivity contribution in [3.8, 4) is 0 Å². The molecule has 0 saturated carbocycles. The maximum Gasteiger partial charge on any atom is 0.269 e. The van der Waals surface area contributed by atoms with E-state index in [2.05, 4.69) is 5.32 Å². The highest BCUT2D eigenvalue weighted by Crippen LogP contribution is 2.14. The van der Waals surface area contributed by atoms with Gasteiger partial charge in [-0.1, -0.05) is 42.5 Å². The molecule has 2 aromatic carbocycles. The van der Waals surface area contributed by atoms with Gasteiger partial charge >= 0.3 is 0 Å². The molecule has 0 spiro atoms. The standard InChI is InChI=1S/C16H16N2O4/c19-15(13-6-2-1-3-7-13)16(20)17-10-9-12-5-4-8-14(11-12)18(21)22/h1-8,11,15,19H,9-10H2,(H,17,20)/t15-/m1/s1. The predicted octanol–water partition coefficient (Wildman–Crippen LogP) is 1.99. The minimum absolute atomic E-state index is 0.0214. The van der Waals surface area contributed by atoms with Crippen LogP contribution in [-0.2, 0) is 11.2 Å². The van der Waals surface area contributed by atoms with Crippen LogP contribution in [0.15, 0.2) is 54.6 Å². The Labute approximate surface area is 127 Å². The molecular formula is C16H16N2O4. The molecule has 0 bridgehead atoms. The summed E-state index contributed by atoms with van der Waals surface area (Å²) in [6.45, 7) is 0.296. The number of nitro benzene ring substituents is 1. The normalized spacial score (nSPS) is 11.7. The number of hydrogen-bond acceptors (Lipinski definition) is 4. The van der Waals surface area contributed by atoms with E-state index in [1.165, 1.54) is 12.1 Å². The monoisotopic (exact) mass is 300 g/mol. The Bertz CT molecular complexity index is 658. The van der Waals surface area contributed by atoms with E-state index in [4.69, 9.17) is 0 Å². The lowest BCUT2D eigenvalue weighted by Crippen LogP contribution is -2.30. The average molecular weight is 300 g/mol. The number of nitrogens with one attached hydrogen (secondary N) is 1. The minimum Gasteiger partial charge on any atom is -0.378 e. The molecule has 0 radical (unpaired) electrons. The SMILES string of the molecule is O=C(NCCc1cccc([N+](=O)[O-])c1)[C@H](O)c1ccccc1. The molecule has 0 heterocycles. The molecular weight excluding hydrogens is 284 g/mol. The molecule has 0 fully saturated rings. The van der Waals surface area contributed by atoms with E-state index in [-0.39, 0.29) is 5.69 Å². The summed E-state index contributed by atoms with van der Waals surface area (Å²) in [5.41, 5.74) is 1.30. The third-order valence-electron chi connectivity index (χ3n) is 3.20. The van der Waals surface area contributed by atoms with Crippen molar-refractivity contribution in [1.82, 2.24) is 5.32 Å². The largest absolute Gasteiger partial charge is 0.378 e. The van der Waals surface area contributed by atoms with Crippen molar-refractivity contribution in [2.45, 2.75) is 12.5 Å². The molecule has 114 valence electrons. The predicted molar refractivity (Wildman–Crippen MR) is 81.2 cm³/mol. The van der Waals surface area contributed by atoms with E-state index in [9.17, 15) is 20.0 Å². The van der Waals surface area contributed by atoms with Crippen molar-refractivity contribution in [3.63, 3.8) is 0 Å². The lowest BCUT2D eigenvalue weighted by molar-refractivity contribution is -0.384. The number of nitrogens with zero attached hydrogens (tertiary/aromatic N) is 1. The molecule has 1 amide bonds. The maximum atomic E-state index is 11.8. The Morgan fingerprint density at radius 3 is 2.59 bits per heavy atom. The van der Waals surface area contributed by atoms with Gasteiger partial charge in [-0.3, -0.25) is 14.9 Å². The molecule has 2 N–H and O–H groups in total. The first kappa shape index (κ1) is 15.7. The Balaban J connectivity index is 1.87. The van der Waals surface area contributed by atoms with Crippen LogP contribution in [0.2, 0.25) is 0 Å². The molecule has 0 aromatic heterocycles. The number of rotatable bonds is 6. The minimum atomic E-state index is -1.22. The van der Waals surface area contributed by atoms with Gasteiger partial charge in [0.2, 0.25) is 0 Å². The van der Waals surface area contributed by atoms with Gasteiger partial charge in [0.1, 0.15) is 0 Å². The third-order valence-corrected chi connectivity index (χ3v) is 3.20. The van der Waals surface area contributed by atoms with Crippen LogP contribution in [0.3, 0.4) is 0 Å². The van der Waals surface area contributed by atoms with E-state index < -0.39 is 16.9 Å². The van der Waals surface area contributed by atoms with Gasteiger partial charge in [0.15, 0.2) is 6.10 Å². The zero-order valence-corrected chi connectivity index (χ0v) is 11.8. The molecule has 0 aliphatic rings. The summed E-state index contributed by atoms with van der Waals surface area (Å²) >= 11 is 0. The first-order valence-corrected chi connectivity index (χ1v) is 6.82. The number of amides is 1. The van der Waals surface area contributed by atoms with Gasteiger partial charge in [0.05, 0.1) is 4.92 Å². The van der Waals surface area contributed by atoms with Gasteiger partial charge in [0, 0.05) is 18.7 Å². The quantitative estimate of drug-likeness (QED) is 0.630. The number of carbonyl (C=O) groups is 1. The van der Waals surface area contributed by atoms with Gasteiger partial charge in [-0.2, -0.15) is 0 Å². The average Bonchev–Trinajstić information content (AvgIpc) is 2.55. The van der Waals surface area contributed by atoms with Crippen LogP contribution >= 0.6 is 0 Å². The summed E-state index contributed by atoms with van der Waals surface area (Å²) in [6, 6.07) is 14.9. The Morgan fingerprint density at radius 1 is 1.18 bits per heavy atom. The van der Waals surface area contributed by atoms with Crippen molar-refractivity contribution < 1.29 is 14.8 Å². The lowest BCUT2D eigenvalue weighted by atomic mass is 10.1. The number of aliphatic hydroxyl groups excluding tert-OH is 1. The van der Waals surface area contributed by atoms with Gasteiger partial charge in [-0.05, 0) is 17.5 Å². The van der Waals surface area contributed by atoms with Crippen molar-refractivity contribution in [2.75, 3.05) is 6.54 Å². The molecule has 6 heteroatoms. The number of aliphatic hydroxyl groups is 1. The van der Waals surface area contributed by atoms with Gasteiger partial charge in [-0.25, -0.2) is 0 Å². The molecule has 2 rings (SSSR count). The first-order chi connectivity index (χ1) is 10.6. The van der Waals surface area contributed by atoms with Gasteiger partial charge in [-0.15, -0.1) is 0 Å². The van der Waals surface area contributed by atoms with E-state index in [0.717, 1.165) is 5.56 Å². The number of nitro groups is 1. The topological polar surface area (TPSA) is 92.5 Å². The van der Waals surface area contributed by atoms with E-state index in [0.29, 0.717) is 18.5 Å². The number of non-ortho nitro benzene ring substituents is 1. The summed E-state index contributed by atoms with van der Waals surface area (Å²) in [7, 11) is 0. The Hall–Kier alpha value is -2.73. The zero-order valence-electron chi connectivity index (χ0n) is 11.8. The molecule has 6 nitrogen and oxygen atoms in total. The highest BCUT2D eigenvalue weighted by molar-refractivity contribution is 5.81. The Morgan fingerprint density at radius 2 is 1.91 bits per heavy atom. The van der Waals surface area contributed by atoms with E-state index >= 15 is 0 Å². The van der Waals surface area contributed by atoms with Crippen LogP contribution in [0, 0.1) is 10.1 Å². The number of carbonyl (C=O) groups excluding carboxylic acids is 1. The number of hydrogen-bond donors (Lipinski definition) is 2. The lowest BCUT2D eigenvalue weighted by Gasteiger charge is -2.11. The molecule has 2 aromatic rings. The molecule has 0 aliphatic heterocycles. The highest BCUT2D eigenvalue weighted by Gasteiger charge is 2.16.